The zero-order valence-corrected chi connectivity index (χ0v) is 18.8. The molecule has 0 N–H and O–H groups in total. The molecule has 0 bridgehead atoms. The van der Waals surface area contributed by atoms with E-state index >= 15 is 0 Å². The number of fused-ring (bicyclic) bond motifs is 1. The van der Waals surface area contributed by atoms with Crippen LogP contribution < -0.4 is 10.5 Å². The number of anilines is 1. The van der Waals surface area contributed by atoms with Gasteiger partial charge in [0.25, 0.3) is 5.56 Å². The van der Waals surface area contributed by atoms with Crippen LogP contribution in [0, 0.1) is 5.82 Å². The van der Waals surface area contributed by atoms with Crippen LogP contribution in [0.25, 0.3) is 15.8 Å². The molecule has 3 aromatic rings. The molecule has 2 saturated heterocycles. The van der Waals surface area contributed by atoms with Crippen LogP contribution in [0.1, 0.15) is 0 Å². The minimum absolute atomic E-state index is 0.113. The molecule has 0 spiro atoms. The summed E-state index contributed by atoms with van der Waals surface area (Å²) in [5.41, 5.74) is 0.830. The van der Waals surface area contributed by atoms with Crippen molar-refractivity contribution in [3.63, 3.8) is 0 Å². The van der Waals surface area contributed by atoms with Crippen LogP contribution in [0.3, 0.4) is 0 Å². The van der Waals surface area contributed by atoms with Gasteiger partial charge in [-0.2, -0.15) is 4.31 Å². The van der Waals surface area contributed by atoms with Crippen molar-refractivity contribution in [2.75, 3.05) is 57.5 Å². The summed E-state index contributed by atoms with van der Waals surface area (Å²) < 4.78 is 54.5. The first-order chi connectivity index (χ1) is 15.4. The summed E-state index contributed by atoms with van der Waals surface area (Å²) in [6.07, 6.45) is 0. The van der Waals surface area contributed by atoms with Crippen molar-refractivity contribution in [1.29, 1.82) is 0 Å². The van der Waals surface area contributed by atoms with Gasteiger partial charge in [-0.05, 0) is 36.4 Å². The van der Waals surface area contributed by atoms with E-state index in [2.05, 4.69) is 4.90 Å². The Kier molecular flexibility index (Phi) is 5.76. The van der Waals surface area contributed by atoms with Crippen LogP contribution in [0.2, 0.25) is 0 Å². The lowest BCUT2D eigenvalue weighted by Crippen LogP contribution is -2.40. The summed E-state index contributed by atoms with van der Waals surface area (Å²) in [4.78, 5) is 15.3. The lowest BCUT2D eigenvalue weighted by Gasteiger charge is -2.31. The van der Waals surface area contributed by atoms with Crippen molar-refractivity contribution >= 4 is 37.3 Å². The number of ether oxygens (including phenoxy) is 2. The van der Waals surface area contributed by atoms with Crippen molar-refractivity contribution in [1.82, 2.24) is 8.26 Å². The molecule has 2 aliphatic heterocycles. The highest BCUT2D eigenvalue weighted by molar-refractivity contribution is 7.89. The van der Waals surface area contributed by atoms with Crippen LogP contribution in [-0.2, 0) is 19.5 Å². The molecule has 0 unspecified atom stereocenters. The molecule has 0 radical (unpaired) electrons. The number of halogens is 1. The van der Waals surface area contributed by atoms with Gasteiger partial charge in [0.1, 0.15) is 5.82 Å². The lowest BCUT2D eigenvalue weighted by molar-refractivity contribution is 0.0730. The Morgan fingerprint density at radius 2 is 1.56 bits per heavy atom. The Balaban J connectivity index is 1.67. The molecular formula is C21H22FN3O5S2. The molecule has 2 fully saturated rings. The number of sulfonamides is 1. The quantitative estimate of drug-likeness (QED) is 0.570. The molecule has 5 rings (SSSR count). The molecule has 8 nitrogen and oxygen atoms in total. The molecule has 1 aromatic heterocycles. The Morgan fingerprint density at radius 3 is 2.28 bits per heavy atom. The second-order valence-electron chi connectivity index (χ2n) is 7.60. The summed E-state index contributed by atoms with van der Waals surface area (Å²) in [5.74, 6) is -0.489. The largest absolute Gasteiger partial charge is 0.379 e. The van der Waals surface area contributed by atoms with Crippen molar-refractivity contribution < 1.29 is 22.3 Å². The number of hydrogen-bond donors (Lipinski definition) is 0. The standard InChI is InChI=1S/C21H22FN3O5S2/c22-15-1-4-20-17(13-15)21(26)25(31-20)19-14-16(32(27,28)24-7-11-30-12-8-24)2-3-18(19)23-5-9-29-10-6-23/h1-4,13-14H,5-12H2. The van der Waals surface area contributed by atoms with E-state index in [4.69, 9.17) is 9.47 Å². The highest BCUT2D eigenvalue weighted by Gasteiger charge is 2.28. The molecule has 32 heavy (non-hydrogen) atoms. The van der Waals surface area contributed by atoms with Crippen LogP contribution in [-0.4, -0.2) is 69.3 Å². The van der Waals surface area contributed by atoms with Crippen molar-refractivity contribution in [3.8, 4) is 5.69 Å². The molecule has 0 aliphatic carbocycles. The molecular weight excluding hydrogens is 457 g/mol. The van der Waals surface area contributed by atoms with Gasteiger partial charge in [-0.3, -0.25) is 4.79 Å². The van der Waals surface area contributed by atoms with E-state index in [9.17, 15) is 17.6 Å². The van der Waals surface area contributed by atoms with Gasteiger partial charge < -0.3 is 14.4 Å². The minimum Gasteiger partial charge on any atom is -0.379 e. The van der Waals surface area contributed by atoms with Gasteiger partial charge in [0.15, 0.2) is 0 Å². The van der Waals surface area contributed by atoms with Gasteiger partial charge in [0.05, 0.1) is 52.8 Å². The van der Waals surface area contributed by atoms with Crippen LogP contribution in [0.15, 0.2) is 46.1 Å². The molecule has 170 valence electrons. The third kappa shape index (κ3) is 3.84. The number of benzene rings is 2. The number of rotatable bonds is 4. The molecule has 2 aromatic carbocycles. The summed E-state index contributed by atoms with van der Waals surface area (Å²) in [6, 6.07) is 8.96. The first-order valence-electron chi connectivity index (χ1n) is 10.3. The van der Waals surface area contributed by atoms with Gasteiger partial charge in [-0.1, -0.05) is 11.5 Å². The lowest BCUT2D eigenvalue weighted by atomic mass is 10.2. The second-order valence-corrected chi connectivity index (χ2v) is 10.5. The smallest absolute Gasteiger partial charge is 0.273 e. The summed E-state index contributed by atoms with van der Waals surface area (Å²) >= 11 is 1.17. The molecule has 0 saturated carbocycles. The summed E-state index contributed by atoms with van der Waals surface area (Å²) in [6.45, 7) is 3.59. The van der Waals surface area contributed by atoms with E-state index in [-0.39, 0.29) is 28.9 Å². The monoisotopic (exact) mass is 479 g/mol. The van der Waals surface area contributed by atoms with Gasteiger partial charge in [-0.25, -0.2) is 16.8 Å². The maximum atomic E-state index is 13.8. The van der Waals surface area contributed by atoms with E-state index < -0.39 is 15.8 Å². The molecule has 0 amide bonds. The Hall–Kier alpha value is -2.31. The highest BCUT2D eigenvalue weighted by Crippen LogP contribution is 2.32. The van der Waals surface area contributed by atoms with Gasteiger partial charge in [0.2, 0.25) is 10.0 Å². The van der Waals surface area contributed by atoms with Crippen molar-refractivity contribution in [2.24, 2.45) is 0 Å². The fraction of sp³-hybridized carbons (Fsp3) is 0.381. The Labute approximate surface area is 188 Å². The predicted octanol–water partition coefficient (Wildman–Crippen LogP) is 2.05. The second kappa shape index (κ2) is 8.56. The van der Waals surface area contributed by atoms with Crippen LogP contribution in [0.4, 0.5) is 10.1 Å². The average molecular weight is 480 g/mol. The number of nitrogens with zero attached hydrogens (tertiary/aromatic N) is 3. The van der Waals surface area contributed by atoms with E-state index in [0.29, 0.717) is 49.9 Å². The van der Waals surface area contributed by atoms with E-state index in [1.54, 1.807) is 24.3 Å². The maximum Gasteiger partial charge on any atom is 0.273 e. The zero-order valence-electron chi connectivity index (χ0n) is 17.2. The molecule has 3 heterocycles. The third-order valence-corrected chi connectivity index (χ3v) is 8.66. The average Bonchev–Trinajstić information content (AvgIpc) is 3.15. The van der Waals surface area contributed by atoms with E-state index in [0.717, 1.165) is 5.69 Å². The SMILES string of the molecule is O=c1c2cc(F)ccc2sn1-c1cc(S(=O)(=O)N2CCOCC2)ccc1N1CCOCC1. The number of hydrogen-bond acceptors (Lipinski definition) is 7. The molecule has 2 aliphatic rings. The predicted molar refractivity (Wildman–Crippen MR) is 120 cm³/mol. The minimum atomic E-state index is -3.75. The zero-order chi connectivity index (χ0) is 22.3. The van der Waals surface area contributed by atoms with E-state index in [1.807, 2.05) is 0 Å². The third-order valence-electron chi connectivity index (χ3n) is 5.67. The fourth-order valence-electron chi connectivity index (χ4n) is 3.99. The first-order valence-corrected chi connectivity index (χ1v) is 12.5. The van der Waals surface area contributed by atoms with E-state index in [1.165, 1.54) is 31.9 Å². The number of aromatic nitrogens is 1. The van der Waals surface area contributed by atoms with Crippen LogP contribution in [0.5, 0.6) is 0 Å². The molecule has 11 heteroatoms. The van der Waals surface area contributed by atoms with Gasteiger partial charge in [-0.15, -0.1) is 0 Å². The maximum absolute atomic E-state index is 13.8. The van der Waals surface area contributed by atoms with Crippen LogP contribution >= 0.6 is 11.5 Å². The number of morpholine rings is 2. The molecule has 0 atom stereocenters. The Bertz CT molecular complexity index is 1310. The topological polar surface area (TPSA) is 81.1 Å². The van der Waals surface area contributed by atoms with Gasteiger partial charge >= 0.3 is 0 Å². The summed E-state index contributed by atoms with van der Waals surface area (Å²) in [5, 5.41) is 0.268. The fourth-order valence-corrected chi connectivity index (χ4v) is 6.42. The van der Waals surface area contributed by atoms with Crippen molar-refractivity contribution in [2.45, 2.75) is 4.90 Å². The highest BCUT2D eigenvalue weighted by atomic mass is 32.2. The van der Waals surface area contributed by atoms with Gasteiger partial charge in [0, 0.05) is 26.2 Å². The summed E-state index contributed by atoms with van der Waals surface area (Å²) in [7, 11) is -3.75. The first kappa shape index (κ1) is 21.5. The Morgan fingerprint density at radius 1 is 0.875 bits per heavy atom. The normalized spacial score (nSPS) is 18.3. The van der Waals surface area contributed by atoms with Crippen molar-refractivity contribution in [3.05, 3.63) is 52.6 Å².